The molecule has 1 aliphatic rings. The number of benzene rings is 1. The van der Waals surface area contributed by atoms with Gasteiger partial charge in [0.15, 0.2) is 5.65 Å². The summed E-state index contributed by atoms with van der Waals surface area (Å²) in [4.78, 5) is 5.03. The van der Waals surface area contributed by atoms with Crippen LogP contribution in [-0.4, -0.2) is 25.0 Å². The molecule has 0 spiro atoms. The number of fused-ring (bicyclic) bond motifs is 4. The van der Waals surface area contributed by atoms with Crippen LogP contribution in [0.5, 0.6) is 0 Å². The summed E-state index contributed by atoms with van der Waals surface area (Å²) >= 11 is 0. The lowest BCUT2D eigenvalue weighted by molar-refractivity contribution is 0.662. The van der Waals surface area contributed by atoms with Crippen LogP contribution in [0, 0.1) is 0 Å². The van der Waals surface area contributed by atoms with E-state index >= 15 is 0 Å². The first-order chi connectivity index (χ1) is 11.8. The van der Waals surface area contributed by atoms with Crippen molar-refractivity contribution in [2.24, 2.45) is 0 Å². The molecule has 0 amide bonds. The fraction of sp³-hybridized carbons (Fsp3) is 0.316. The SMILES string of the molecule is CCc1nn(CC)c2nc3c4c(n[nH]c4c12)-c1ccccc1CC3. The standard InChI is InChI=1S/C19H19N5/c1-3-13-16-18-15-14(20-19(16)24(4-2)23-13)10-9-11-7-5-6-8-12(11)17(15)21-22-18/h5-8H,3-4,9-10H2,1-2H3,(H,21,22). The molecule has 3 heterocycles. The van der Waals surface area contributed by atoms with Crippen molar-refractivity contribution in [3.05, 3.63) is 41.2 Å². The van der Waals surface area contributed by atoms with Gasteiger partial charge < -0.3 is 0 Å². The molecule has 5 nitrogen and oxygen atoms in total. The molecule has 24 heavy (non-hydrogen) atoms. The third-order valence-electron chi connectivity index (χ3n) is 5.08. The number of aromatic amines is 1. The molecule has 120 valence electrons. The maximum atomic E-state index is 5.03. The number of H-pyrrole nitrogens is 1. The van der Waals surface area contributed by atoms with Gasteiger partial charge in [0, 0.05) is 12.1 Å². The molecule has 0 saturated heterocycles. The molecule has 0 aliphatic heterocycles. The summed E-state index contributed by atoms with van der Waals surface area (Å²) in [7, 11) is 0. The summed E-state index contributed by atoms with van der Waals surface area (Å²) in [6, 6.07) is 8.56. The van der Waals surface area contributed by atoms with E-state index in [0.29, 0.717) is 0 Å². The van der Waals surface area contributed by atoms with Gasteiger partial charge in [-0.2, -0.15) is 10.2 Å². The van der Waals surface area contributed by atoms with E-state index in [2.05, 4.69) is 48.3 Å². The number of rotatable bonds is 2. The first-order valence-corrected chi connectivity index (χ1v) is 8.66. The Morgan fingerprint density at radius 3 is 2.83 bits per heavy atom. The smallest absolute Gasteiger partial charge is 0.160 e. The van der Waals surface area contributed by atoms with Crippen LogP contribution in [0.1, 0.15) is 30.8 Å². The Kier molecular flexibility index (Phi) is 2.80. The number of nitrogens with zero attached hydrogens (tertiary/aromatic N) is 4. The van der Waals surface area contributed by atoms with E-state index in [0.717, 1.165) is 59.4 Å². The number of aryl methyl sites for hydroxylation is 4. The Labute approximate surface area is 139 Å². The van der Waals surface area contributed by atoms with Gasteiger partial charge in [0.25, 0.3) is 0 Å². The van der Waals surface area contributed by atoms with Crippen molar-refractivity contribution in [2.75, 3.05) is 0 Å². The second kappa shape index (κ2) is 4.90. The summed E-state index contributed by atoms with van der Waals surface area (Å²) in [6.07, 6.45) is 2.83. The van der Waals surface area contributed by atoms with Gasteiger partial charge >= 0.3 is 0 Å². The van der Waals surface area contributed by atoms with E-state index in [-0.39, 0.29) is 0 Å². The van der Waals surface area contributed by atoms with Crippen molar-refractivity contribution in [3.8, 4) is 11.3 Å². The fourth-order valence-corrected chi connectivity index (χ4v) is 3.92. The minimum Gasteiger partial charge on any atom is -0.276 e. The Balaban J connectivity index is 1.94. The maximum Gasteiger partial charge on any atom is 0.160 e. The average Bonchev–Trinajstić information content (AvgIpc) is 3.16. The molecule has 4 aromatic rings. The minimum atomic E-state index is 0.829. The van der Waals surface area contributed by atoms with E-state index in [9.17, 15) is 0 Å². The summed E-state index contributed by atoms with van der Waals surface area (Å²) in [5.41, 5.74) is 7.92. The van der Waals surface area contributed by atoms with Gasteiger partial charge in [-0.3, -0.25) is 5.10 Å². The highest BCUT2D eigenvalue weighted by Crippen LogP contribution is 2.38. The summed E-state index contributed by atoms with van der Waals surface area (Å²) in [5.74, 6) is 0. The second-order valence-electron chi connectivity index (χ2n) is 6.35. The largest absolute Gasteiger partial charge is 0.276 e. The third-order valence-corrected chi connectivity index (χ3v) is 5.08. The summed E-state index contributed by atoms with van der Waals surface area (Å²) in [6.45, 7) is 5.09. The first-order valence-electron chi connectivity index (χ1n) is 8.66. The minimum absolute atomic E-state index is 0.829. The van der Waals surface area contributed by atoms with Crippen LogP contribution in [0.4, 0.5) is 0 Å². The molecule has 0 unspecified atom stereocenters. The molecule has 0 bridgehead atoms. The van der Waals surface area contributed by atoms with Crippen molar-refractivity contribution in [2.45, 2.75) is 39.7 Å². The number of pyridine rings is 1. The average molecular weight is 317 g/mol. The third kappa shape index (κ3) is 1.67. The maximum absolute atomic E-state index is 5.03. The van der Waals surface area contributed by atoms with Crippen LogP contribution in [-0.2, 0) is 25.8 Å². The van der Waals surface area contributed by atoms with Gasteiger partial charge in [0.1, 0.15) is 5.69 Å². The number of hydrogen-bond donors (Lipinski definition) is 1. The van der Waals surface area contributed by atoms with Gasteiger partial charge in [0.2, 0.25) is 0 Å². The molecule has 5 heteroatoms. The van der Waals surface area contributed by atoms with Crippen molar-refractivity contribution >= 4 is 21.9 Å². The molecule has 0 atom stereocenters. The van der Waals surface area contributed by atoms with Crippen LogP contribution in [0.2, 0.25) is 0 Å². The van der Waals surface area contributed by atoms with Crippen LogP contribution >= 0.6 is 0 Å². The van der Waals surface area contributed by atoms with Gasteiger partial charge in [-0.1, -0.05) is 31.2 Å². The fourth-order valence-electron chi connectivity index (χ4n) is 3.92. The highest BCUT2D eigenvalue weighted by molar-refractivity contribution is 6.10. The predicted molar refractivity (Wildman–Crippen MR) is 95.1 cm³/mol. The molecule has 1 aliphatic carbocycles. The molecular formula is C19H19N5. The highest BCUT2D eigenvalue weighted by Gasteiger charge is 2.24. The zero-order valence-electron chi connectivity index (χ0n) is 13.9. The Hall–Kier alpha value is -2.69. The lowest BCUT2D eigenvalue weighted by Crippen LogP contribution is -2.00. The first kappa shape index (κ1) is 13.7. The Morgan fingerprint density at radius 1 is 1.12 bits per heavy atom. The number of hydrogen-bond acceptors (Lipinski definition) is 3. The molecule has 1 N–H and O–H groups in total. The number of aromatic nitrogens is 5. The van der Waals surface area contributed by atoms with E-state index in [1.807, 2.05) is 4.68 Å². The van der Waals surface area contributed by atoms with Crippen molar-refractivity contribution in [3.63, 3.8) is 0 Å². The van der Waals surface area contributed by atoms with E-state index in [4.69, 9.17) is 10.1 Å². The number of nitrogens with one attached hydrogen (secondary N) is 1. The van der Waals surface area contributed by atoms with Crippen LogP contribution in [0.15, 0.2) is 24.3 Å². The Bertz CT molecular complexity index is 1090. The second-order valence-corrected chi connectivity index (χ2v) is 6.35. The van der Waals surface area contributed by atoms with Crippen LogP contribution < -0.4 is 0 Å². The summed E-state index contributed by atoms with van der Waals surface area (Å²) < 4.78 is 2.02. The molecule has 0 radical (unpaired) electrons. The summed E-state index contributed by atoms with van der Waals surface area (Å²) in [5, 5.41) is 15.1. The molecule has 3 aromatic heterocycles. The zero-order chi connectivity index (χ0) is 16.3. The van der Waals surface area contributed by atoms with Gasteiger partial charge in [-0.15, -0.1) is 0 Å². The highest BCUT2D eigenvalue weighted by atomic mass is 15.3. The lowest BCUT2D eigenvalue weighted by atomic mass is 10.0. The van der Waals surface area contributed by atoms with Crippen molar-refractivity contribution in [1.82, 2.24) is 25.0 Å². The quantitative estimate of drug-likeness (QED) is 0.614. The molecule has 5 rings (SSSR count). The van der Waals surface area contributed by atoms with E-state index in [1.54, 1.807) is 0 Å². The zero-order valence-corrected chi connectivity index (χ0v) is 13.9. The predicted octanol–water partition coefficient (Wildman–Crippen LogP) is 3.66. The van der Waals surface area contributed by atoms with E-state index in [1.165, 1.54) is 16.5 Å². The van der Waals surface area contributed by atoms with Crippen LogP contribution in [0.25, 0.3) is 33.2 Å². The molecule has 0 saturated carbocycles. The normalized spacial score (nSPS) is 13.4. The van der Waals surface area contributed by atoms with Crippen molar-refractivity contribution < 1.29 is 0 Å². The Morgan fingerprint density at radius 2 is 2.00 bits per heavy atom. The molecular weight excluding hydrogens is 298 g/mol. The molecule has 0 fully saturated rings. The van der Waals surface area contributed by atoms with Crippen LogP contribution in [0.3, 0.4) is 0 Å². The lowest BCUT2D eigenvalue weighted by Gasteiger charge is -2.04. The topological polar surface area (TPSA) is 59.4 Å². The van der Waals surface area contributed by atoms with Gasteiger partial charge in [-0.05, 0) is 31.7 Å². The van der Waals surface area contributed by atoms with Gasteiger partial charge in [0.05, 0.1) is 27.7 Å². The monoisotopic (exact) mass is 317 g/mol. The molecule has 1 aromatic carbocycles. The van der Waals surface area contributed by atoms with Crippen molar-refractivity contribution in [1.29, 1.82) is 0 Å². The van der Waals surface area contributed by atoms with Gasteiger partial charge in [-0.25, -0.2) is 9.67 Å². The van der Waals surface area contributed by atoms with E-state index < -0.39 is 0 Å².